The first-order valence-corrected chi connectivity index (χ1v) is 6.06. The molecule has 5 heteroatoms. The van der Waals surface area contributed by atoms with Gasteiger partial charge in [0, 0.05) is 24.3 Å². The van der Waals surface area contributed by atoms with Crippen molar-refractivity contribution in [1.82, 2.24) is 5.32 Å². The number of ether oxygens (including phenoxy) is 1. The fourth-order valence-electron chi connectivity index (χ4n) is 1.50. The molecule has 1 unspecified atom stereocenters. The first-order chi connectivity index (χ1) is 8.61. The summed E-state index contributed by atoms with van der Waals surface area (Å²) in [6.45, 7) is 2.58. The SMILES string of the molecule is COc1cccc(NC(=O)NCCCC(C)N)c1. The number of nitrogens with one attached hydrogen (secondary N) is 2. The van der Waals surface area contributed by atoms with E-state index in [2.05, 4.69) is 10.6 Å². The van der Waals surface area contributed by atoms with Crippen molar-refractivity contribution in [2.45, 2.75) is 25.8 Å². The lowest BCUT2D eigenvalue weighted by molar-refractivity contribution is 0.252. The molecule has 0 spiro atoms. The Balaban J connectivity index is 2.30. The minimum absolute atomic E-state index is 0.174. The highest BCUT2D eigenvalue weighted by Gasteiger charge is 2.02. The summed E-state index contributed by atoms with van der Waals surface area (Å²) in [6, 6.07) is 7.18. The Morgan fingerprint density at radius 2 is 2.28 bits per heavy atom. The summed E-state index contributed by atoms with van der Waals surface area (Å²) in [5.74, 6) is 0.713. The number of urea groups is 1. The topological polar surface area (TPSA) is 76.4 Å². The third-order valence-corrected chi connectivity index (χ3v) is 2.45. The van der Waals surface area contributed by atoms with E-state index in [0.717, 1.165) is 12.8 Å². The molecule has 0 aromatic heterocycles. The van der Waals surface area contributed by atoms with Gasteiger partial charge in [0.25, 0.3) is 0 Å². The summed E-state index contributed by atoms with van der Waals surface area (Å²) in [7, 11) is 1.59. The van der Waals surface area contributed by atoms with Crippen molar-refractivity contribution >= 4 is 11.7 Å². The summed E-state index contributed by atoms with van der Waals surface area (Å²) in [5.41, 5.74) is 6.33. The molecule has 0 saturated carbocycles. The maximum atomic E-state index is 11.6. The number of amides is 2. The number of rotatable bonds is 6. The van der Waals surface area contributed by atoms with E-state index in [4.69, 9.17) is 10.5 Å². The van der Waals surface area contributed by atoms with E-state index >= 15 is 0 Å². The fraction of sp³-hybridized carbons (Fsp3) is 0.462. The Morgan fingerprint density at radius 1 is 1.50 bits per heavy atom. The Hall–Kier alpha value is -1.75. The number of methoxy groups -OCH3 is 1. The molecule has 2 amide bonds. The van der Waals surface area contributed by atoms with Crippen molar-refractivity contribution < 1.29 is 9.53 Å². The van der Waals surface area contributed by atoms with Gasteiger partial charge < -0.3 is 21.1 Å². The van der Waals surface area contributed by atoms with E-state index in [0.29, 0.717) is 18.0 Å². The quantitative estimate of drug-likeness (QED) is 0.676. The molecule has 0 aliphatic heterocycles. The van der Waals surface area contributed by atoms with Crippen LogP contribution in [0.5, 0.6) is 5.75 Å². The molecule has 0 heterocycles. The summed E-state index contributed by atoms with van der Waals surface area (Å²) < 4.78 is 5.08. The van der Waals surface area contributed by atoms with Crippen LogP contribution in [0.15, 0.2) is 24.3 Å². The highest BCUT2D eigenvalue weighted by molar-refractivity contribution is 5.89. The van der Waals surface area contributed by atoms with Gasteiger partial charge in [-0.3, -0.25) is 0 Å². The largest absolute Gasteiger partial charge is 0.497 e. The molecule has 0 radical (unpaired) electrons. The van der Waals surface area contributed by atoms with Gasteiger partial charge in [0.2, 0.25) is 0 Å². The number of benzene rings is 1. The van der Waals surface area contributed by atoms with Crippen molar-refractivity contribution in [3.8, 4) is 5.75 Å². The molecule has 100 valence electrons. The van der Waals surface area contributed by atoms with Gasteiger partial charge in [0.05, 0.1) is 7.11 Å². The van der Waals surface area contributed by atoms with Crippen LogP contribution in [0.1, 0.15) is 19.8 Å². The molecule has 0 aliphatic carbocycles. The third-order valence-electron chi connectivity index (χ3n) is 2.45. The van der Waals surface area contributed by atoms with Crippen molar-refractivity contribution in [3.05, 3.63) is 24.3 Å². The summed E-state index contributed by atoms with van der Waals surface area (Å²) >= 11 is 0. The molecule has 0 bridgehead atoms. The smallest absolute Gasteiger partial charge is 0.319 e. The summed E-state index contributed by atoms with van der Waals surface area (Å²) in [5, 5.41) is 5.52. The Labute approximate surface area is 108 Å². The molecule has 18 heavy (non-hydrogen) atoms. The zero-order chi connectivity index (χ0) is 13.4. The van der Waals surface area contributed by atoms with E-state index in [-0.39, 0.29) is 12.1 Å². The number of hydrogen-bond acceptors (Lipinski definition) is 3. The summed E-state index contributed by atoms with van der Waals surface area (Å²) in [4.78, 5) is 11.6. The normalized spacial score (nSPS) is 11.7. The van der Waals surface area contributed by atoms with Crippen LogP contribution < -0.4 is 21.1 Å². The van der Waals surface area contributed by atoms with Crippen molar-refractivity contribution in [2.24, 2.45) is 5.73 Å². The molecule has 0 fully saturated rings. The second kappa shape index (κ2) is 7.55. The van der Waals surface area contributed by atoms with Crippen LogP contribution in [0.25, 0.3) is 0 Å². The predicted octanol–water partition coefficient (Wildman–Crippen LogP) is 1.94. The van der Waals surface area contributed by atoms with Crippen LogP contribution in [0.4, 0.5) is 10.5 Å². The molecular formula is C13H21N3O2. The molecule has 0 aliphatic rings. The average molecular weight is 251 g/mol. The van der Waals surface area contributed by atoms with Gasteiger partial charge in [-0.1, -0.05) is 6.07 Å². The van der Waals surface area contributed by atoms with Crippen molar-refractivity contribution in [2.75, 3.05) is 19.0 Å². The standard InChI is InChI=1S/C13H21N3O2/c1-10(14)5-4-8-15-13(17)16-11-6-3-7-12(9-11)18-2/h3,6-7,9-10H,4-5,8,14H2,1-2H3,(H2,15,16,17). The lowest BCUT2D eigenvalue weighted by Gasteiger charge is -2.09. The van der Waals surface area contributed by atoms with Gasteiger partial charge in [0.1, 0.15) is 5.75 Å². The number of hydrogen-bond donors (Lipinski definition) is 3. The van der Waals surface area contributed by atoms with Gasteiger partial charge in [0.15, 0.2) is 0 Å². The van der Waals surface area contributed by atoms with E-state index in [1.54, 1.807) is 13.2 Å². The zero-order valence-electron chi connectivity index (χ0n) is 10.9. The number of nitrogens with two attached hydrogens (primary N) is 1. The minimum Gasteiger partial charge on any atom is -0.497 e. The molecular weight excluding hydrogens is 230 g/mol. The summed E-state index contributed by atoms with van der Waals surface area (Å²) in [6.07, 6.45) is 1.78. The van der Waals surface area contributed by atoms with Crippen LogP contribution in [-0.4, -0.2) is 25.7 Å². The van der Waals surface area contributed by atoms with Crippen LogP contribution in [-0.2, 0) is 0 Å². The van der Waals surface area contributed by atoms with Gasteiger partial charge in [-0.25, -0.2) is 4.79 Å². The lowest BCUT2D eigenvalue weighted by atomic mass is 10.2. The molecule has 1 rings (SSSR count). The van der Waals surface area contributed by atoms with E-state index in [1.165, 1.54) is 0 Å². The average Bonchev–Trinajstić information content (AvgIpc) is 2.34. The van der Waals surface area contributed by atoms with E-state index < -0.39 is 0 Å². The van der Waals surface area contributed by atoms with E-state index in [1.807, 2.05) is 25.1 Å². The Bertz CT molecular complexity index is 380. The van der Waals surface area contributed by atoms with Gasteiger partial charge in [-0.2, -0.15) is 0 Å². The van der Waals surface area contributed by atoms with E-state index in [9.17, 15) is 4.79 Å². The molecule has 5 nitrogen and oxygen atoms in total. The van der Waals surface area contributed by atoms with Gasteiger partial charge in [-0.15, -0.1) is 0 Å². The maximum absolute atomic E-state index is 11.6. The van der Waals surface area contributed by atoms with Crippen LogP contribution in [0.2, 0.25) is 0 Å². The van der Waals surface area contributed by atoms with Crippen molar-refractivity contribution in [3.63, 3.8) is 0 Å². The second-order valence-electron chi connectivity index (χ2n) is 4.23. The van der Waals surface area contributed by atoms with Gasteiger partial charge in [-0.05, 0) is 31.9 Å². The van der Waals surface area contributed by atoms with Crippen LogP contribution >= 0.6 is 0 Å². The van der Waals surface area contributed by atoms with Crippen LogP contribution in [0.3, 0.4) is 0 Å². The molecule has 1 aromatic carbocycles. The Kier molecular flexibility index (Phi) is 6.00. The number of carbonyl (C=O) groups is 1. The fourth-order valence-corrected chi connectivity index (χ4v) is 1.50. The predicted molar refractivity (Wildman–Crippen MR) is 72.9 cm³/mol. The highest BCUT2D eigenvalue weighted by atomic mass is 16.5. The third kappa shape index (κ3) is 5.54. The minimum atomic E-state index is -0.215. The monoisotopic (exact) mass is 251 g/mol. The first-order valence-electron chi connectivity index (χ1n) is 6.06. The molecule has 0 saturated heterocycles. The Morgan fingerprint density at radius 3 is 2.94 bits per heavy atom. The lowest BCUT2D eigenvalue weighted by Crippen LogP contribution is -2.30. The molecule has 4 N–H and O–H groups in total. The van der Waals surface area contributed by atoms with Crippen LogP contribution in [0, 0.1) is 0 Å². The zero-order valence-corrected chi connectivity index (χ0v) is 10.9. The number of anilines is 1. The maximum Gasteiger partial charge on any atom is 0.319 e. The second-order valence-corrected chi connectivity index (χ2v) is 4.23. The number of carbonyl (C=O) groups excluding carboxylic acids is 1. The molecule has 1 aromatic rings. The van der Waals surface area contributed by atoms with Crippen molar-refractivity contribution in [1.29, 1.82) is 0 Å². The van der Waals surface area contributed by atoms with Gasteiger partial charge >= 0.3 is 6.03 Å². The highest BCUT2D eigenvalue weighted by Crippen LogP contribution is 2.16. The first kappa shape index (κ1) is 14.3. The molecule has 1 atom stereocenters.